The highest BCUT2D eigenvalue weighted by molar-refractivity contribution is 5.87. The molecule has 1 aliphatic heterocycles. The van der Waals surface area contributed by atoms with Gasteiger partial charge in [0.2, 0.25) is 0 Å². The molecule has 2 atom stereocenters. The first-order valence-electron chi connectivity index (χ1n) is 10.4. The smallest absolute Gasteiger partial charge is 0.416 e. The lowest BCUT2D eigenvalue weighted by atomic mass is 9.95. The molecule has 0 bridgehead atoms. The SMILES string of the molecule is CC[C@H](C)N(C(=O)OC(C)(C)C)c1ccc([C@@H]2CCCCN2C(C)C)cn1. The first kappa shape index (κ1) is 21.7. The second-order valence-corrected chi connectivity index (χ2v) is 8.90. The van der Waals surface area contributed by atoms with Crippen molar-refractivity contribution in [2.45, 2.75) is 97.9 Å². The average molecular weight is 376 g/mol. The monoisotopic (exact) mass is 375 g/mol. The zero-order valence-corrected chi connectivity index (χ0v) is 18.2. The highest BCUT2D eigenvalue weighted by Gasteiger charge is 2.29. The van der Waals surface area contributed by atoms with E-state index in [-0.39, 0.29) is 12.1 Å². The minimum atomic E-state index is -0.525. The highest BCUT2D eigenvalue weighted by Crippen LogP contribution is 2.33. The van der Waals surface area contributed by atoms with Crippen molar-refractivity contribution in [3.05, 3.63) is 23.9 Å². The van der Waals surface area contributed by atoms with Crippen LogP contribution in [0, 0.1) is 0 Å². The second-order valence-electron chi connectivity index (χ2n) is 8.90. The summed E-state index contributed by atoms with van der Waals surface area (Å²) < 4.78 is 5.61. The van der Waals surface area contributed by atoms with Gasteiger partial charge in [0.1, 0.15) is 11.4 Å². The number of piperidine rings is 1. The van der Waals surface area contributed by atoms with Crippen molar-refractivity contribution in [1.82, 2.24) is 9.88 Å². The largest absolute Gasteiger partial charge is 0.443 e. The first-order valence-corrected chi connectivity index (χ1v) is 10.4. The van der Waals surface area contributed by atoms with Gasteiger partial charge in [0, 0.05) is 24.3 Å². The van der Waals surface area contributed by atoms with Crippen LogP contribution in [0.2, 0.25) is 0 Å². The topological polar surface area (TPSA) is 45.7 Å². The molecule has 1 aromatic heterocycles. The maximum atomic E-state index is 12.7. The predicted molar refractivity (Wildman–Crippen MR) is 111 cm³/mol. The molecule has 2 rings (SSSR count). The summed E-state index contributed by atoms with van der Waals surface area (Å²) in [6.45, 7) is 15.4. The summed E-state index contributed by atoms with van der Waals surface area (Å²) in [7, 11) is 0. The Morgan fingerprint density at radius 2 is 2.00 bits per heavy atom. The lowest BCUT2D eigenvalue weighted by Crippen LogP contribution is -2.42. The van der Waals surface area contributed by atoms with E-state index >= 15 is 0 Å². The summed E-state index contributed by atoms with van der Waals surface area (Å²) in [6.07, 6.45) is 6.14. The molecule has 1 aromatic rings. The lowest BCUT2D eigenvalue weighted by molar-refractivity contribution is 0.0566. The van der Waals surface area contributed by atoms with E-state index in [4.69, 9.17) is 4.74 Å². The first-order chi connectivity index (χ1) is 12.6. The van der Waals surface area contributed by atoms with E-state index in [2.05, 4.69) is 36.7 Å². The Morgan fingerprint density at radius 3 is 2.52 bits per heavy atom. The average Bonchev–Trinajstić information content (AvgIpc) is 2.60. The van der Waals surface area contributed by atoms with Crippen molar-refractivity contribution in [3.8, 4) is 0 Å². The molecular formula is C22H37N3O2. The van der Waals surface area contributed by atoms with Gasteiger partial charge in [0.05, 0.1) is 0 Å². The number of aromatic nitrogens is 1. The molecule has 0 aliphatic carbocycles. The zero-order chi connectivity index (χ0) is 20.2. The Labute approximate surface area is 165 Å². The van der Waals surface area contributed by atoms with E-state index in [1.165, 1.54) is 24.8 Å². The zero-order valence-electron chi connectivity index (χ0n) is 18.2. The van der Waals surface area contributed by atoms with Crippen LogP contribution in [0.4, 0.5) is 10.6 Å². The number of hydrogen-bond donors (Lipinski definition) is 0. The molecule has 2 heterocycles. The Kier molecular flexibility index (Phi) is 7.26. The van der Waals surface area contributed by atoms with E-state index in [1.54, 1.807) is 4.90 Å². The molecule has 0 N–H and O–H groups in total. The normalized spacial score (nSPS) is 19.8. The van der Waals surface area contributed by atoms with Gasteiger partial charge in [0.25, 0.3) is 0 Å². The molecule has 0 spiro atoms. The number of nitrogens with zero attached hydrogens (tertiary/aromatic N) is 3. The quantitative estimate of drug-likeness (QED) is 0.676. The summed E-state index contributed by atoms with van der Waals surface area (Å²) in [5.41, 5.74) is 0.711. The number of amides is 1. The summed E-state index contributed by atoms with van der Waals surface area (Å²) in [5.74, 6) is 0.661. The van der Waals surface area contributed by atoms with Gasteiger partial charge in [0.15, 0.2) is 0 Å². The minimum Gasteiger partial charge on any atom is -0.443 e. The number of ether oxygens (including phenoxy) is 1. The Bertz CT molecular complexity index is 607. The van der Waals surface area contributed by atoms with Gasteiger partial charge in [-0.1, -0.05) is 19.4 Å². The van der Waals surface area contributed by atoms with Gasteiger partial charge >= 0.3 is 6.09 Å². The molecule has 1 amide bonds. The van der Waals surface area contributed by atoms with Crippen molar-refractivity contribution in [2.24, 2.45) is 0 Å². The Hall–Kier alpha value is -1.62. The van der Waals surface area contributed by atoms with Gasteiger partial charge in [-0.15, -0.1) is 0 Å². The van der Waals surface area contributed by atoms with Crippen LogP contribution in [0.25, 0.3) is 0 Å². The predicted octanol–water partition coefficient (Wildman–Crippen LogP) is 5.56. The Balaban J connectivity index is 2.25. The fraction of sp³-hybridized carbons (Fsp3) is 0.727. The summed E-state index contributed by atoms with van der Waals surface area (Å²) in [6, 6.07) is 5.07. The van der Waals surface area contributed by atoms with Crippen molar-refractivity contribution >= 4 is 11.9 Å². The third-order valence-electron chi connectivity index (χ3n) is 5.23. The molecule has 5 heteroatoms. The van der Waals surface area contributed by atoms with Gasteiger partial charge in [-0.05, 0) is 79.0 Å². The van der Waals surface area contributed by atoms with E-state index in [1.807, 2.05) is 40.0 Å². The molecular weight excluding hydrogens is 338 g/mol. The molecule has 0 aromatic carbocycles. The van der Waals surface area contributed by atoms with Crippen molar-refractivity contribution < 1.29 is 9.53 Å². The van der Waals surface area contributed by atoms with Crippen molar-refractivity contribution in [2.75, 3.05) is 11.4 Å². The minimum absolute atomic E-state index is 0.0278. The number of anilines is 1. The van der Waals surface area contributed by atoms with Crippen LogP contribution in [0.1, 0.15) is 85.8 Å². The van der Waals surface area contributed by atoms with Crippen molar-refractivity contribution in [1.29, 1.82) is 0 Å². The van der Waals surface area contributed by atoms with Crippen LogP contribution in [0.3, 0.4) is 0 Å². The van der Waals surface area contributed by atoms with Crippen LogP contribution in [0.5, 0.6) is 0 Å². The van der Waals surface area contributed by atoms with E-state index in [9.17, 15) is 4.79 Å². The van der Waals surface area contributed by atoms with Gasteiger partial charge in [-0.3, -0.25) is 9.80 Å². The highest BCUT2D eigenvalue weighted by atomic mass is 16.6. The fourth-order valence-electron chi connectivity index (χ4n) is 3.66. The van der Waals surface area contributed by atoms with E-state index < -0.39 is 5.60 Å². The van der Waals surface area contributed by atoms with Gasteiger partial charge in [-0.25, -0.2) is 9.78 Å². The number of pyridine rings is 1. The van der Waals surface area contributed by atoms with Crippen molar-refractivity contribution in [3.63, 3.8) is 0 Å². The lowest BCUT2D eigenvalue weighted by Gasteiger charge is -2.39. The van der Waals surface area contributed by atoms with Gasteiger partial charge in [-0.2, -0.15) is 0 Å². The standard InChI is InChI=1S/C22H37N3O2/c1-8-17(4)25(21(26)27-22(5,6)7)20-13-12-18(15-23-20)19-11-9-10-14-24(19)16(2)3/h12-13,15-17,19H,8-11,14H2,1-7H3/t17-,19-/m0/s1. The van der Waals surface area contributed by atoms with E-state index in [0.717, 1.165) is 13.0 Å². The molecule has 152 valence electrons. The molecule has 27 heavy (non-hydrogen) atoms. The molecule has 5 nitrogen and oxygen atoms in total. The summed E-state index contributed by atoms with van der Waals surface area (Å²) in [5, 5.41) is 0. The van der Waals surface area contributed by atoms with E-state index in [0.29, 0.717) is 17.9 Å². The number of rotatable bonds is 5. The summed E-state index contributed by atoms with van der Waals surface area (Å²) in [4.78, 5) is 21.6. The van der Waals surface area contributed by atoms with Crippen LogP contribution < -0.4 is 4.90 Å². The third kappa shape index (κ3) is 5.68. The van der Waals surface area contributed by atoms with Crippen LogP contribution in [-0.2, 0) is 4.74 Å². The Morgan fingerprint density at radius 1 is 1.30 bits per heavy atom. The molecule has 1 saturated heterocycles. The number of likely N-dealkylation sites (tertiary alicyclic amines) is 1. The molecule has 0 radical (unpaired) electrons. The fourth-order valence-corrected chi connectivity index (χ4v) is 3.66. The molecule has 0 saturated carbocycles. The third-order valence-corrected chi connectivity index (χ3v) is 5.23. The number of carbonyl (C=O) groups excluding carboxylic acids is 1. The van der Waals surface area contributed by atoms with Gasteiger partial charge < -0.3 is 4.74 Å². The maximum absolute atomic E-state index is 12.7. The van der Waals surface area contributed by atoms with Crippen LogP contribution >= 0.6 is 0 Å². The molecule has 0 unspecified atom stereocenters. The molecule has 1 aliphatic rings. The maximum Gasteiger partial charge on any atom is 0.416 e. The second kappa shape index (κ2) is 9.05. The van der Waals surface area contributed by atoms with Crippen LogP contribution in [0.15, 0.2) is 18.3 Å². The number of carbonyl (C=O) groups is 1. The molecule has 1 fully saturated rings. The summed E-state index contributed by atoms with van der Waals surface area (Å²) >= 11 is 0. The van der Waals surface area contributed by atoms with Crippen LogP contribution in [-0.4, -0.2) is 40.2 Å². The number of hydrogen-bond acceptors (Lipinski definition) is 4.